The normalized spacial score (nSPS) is 11.1. The summed E-state index contributed by atoms with van der Waals surface area (Å²) in [6.07, 6.45) is -3.28. The van der Waals surface area contributed by atoms with E-state index in [0.717, 1.165) is 0 Å². The molecule has 0 aliphatic rings. The van der Waals surface area contributed by atoms with E-state index in [2.05, 4.69) is 15.0 Å². The smallest absolute Gasteiger partial charge is 0.422 e. The Morgan fingerprint density at radius 3 is 2.69 bits per heavy atom. The van der Waals surface area contributed by atoms with Crippen molar-refractivity contribution in [1.29, 1.82) is 0 Å². The number of hydrogen-bond acceptors (Lipinski definition) is 5. The summed E-state index contributed by atoms with van der Waals surface area (Å²) in [5.74, 6) is -1.00. The summed E-state index contributed by atoms with van der Waals surface area (Å²) in [7, 11) is 0. The van der Waals surface area contributed by atoms with Crippen molar-refractivity contribution in [2.24, 2.45) is 0 Å². The van der Waals surface area contributed by atoms with Crippen LogP contribution in [0.2, 0.25) is 0 Å². The fraction of sp³-hybridized carbons (Fsp3) is 0.250. The Labute approximate surface area is 146 Å². The van der Waals surface area contributed by atoms with Crippen molar-refractivity contribution in [1.82, 2.24) is 10.3 Å². The standard InChI is InChI=1S/C16H14F3N3O4/c1-10-4-2-6-12(13(10)22(24)25)14(23)21-8-11-5-3-7-20-15(11)26-9-16(17,18)19/h2-7H,8-9H2,1H3,(H,21,23). The lowest BCUT2D eigenvalue weighted by Crippen LogP contribution is -2.25. The SMILES string of the molecule is Cc1cccc(C(=O)NCc2cccnc2OCC(F)(F)F)c1[N+](=O)[O-]. The van der Waals surface area contributed by atoms with Gasteiger partial charge in [0.25, 0.3) is 11.6 Å². The molecule has 1 heterocycles. The summed E-state index contributed by atoms with van der Waals surface area (Å²) in [6.45, 7) is -0.224. The van der Waals surface area contributed by atoms with Crippen LogP contribution in [0.5, 0.6) is 5.88 Å². The molecule has 0 spiro atoms. The Kier molecular flexibility index (Phi) is 5.75. The third kappa shape index (κ3) is 4.91. The van der Waals surface area contributed by atoms with Crippen LogP contribution in [0.1, 0.15) is 21.5 Å². The van der Waals surface area contributed by atoms with Crippen molar-refractivity contribution in [3.8, 4) is 5.88 Å². The number of nitro benzene ring substituents is 1. The minimum atomic E-state index is -4.53. The van der Waals surface area contributed by atoms with Gasteiger partial charge in [-0.15, -0.1) is 0 Å². The summed E-state index contributed by atoms with van der Waals surface area (Å²) in [5.41, 5.74) is 0.0556. The molecule has 0 unspecified atom stereocenters. The van der Waals surface area contributed by atoms with Crippen molar-refractivity contribution in [2.75, 3.05) is 6.61 Å². The van der Waals surface area contributed by atoms with E-state index in [1.807, 2.05) is 0 Å². The number of nitro groups is 1. The molecule has 0 atom stereocenters. The van der Waals surface area contributed by atoms with Gasteiger partial charge in [0.05, 0.1) is 4.92 Å². The topological polar surface area (TPSA) is 94.4 Å². The number of hydrogen-bond donors (Lipinski definition) is 1. The number of carbonyl (C=O) groups excluding carboxylic acids is 1. The molecule has 1 amide bonds. The molecule has 0 bridgehead atoms. The predicted octanol–water partition coefficient (Wildman–Crippen LogP) is 3.17. The second-order valence-corrected chi connectivity index (χ2v) is 5.28. The van der Waals surface area contributed by atoms with Crippen molar-refractivity contribution < 1.29 is 27.6 Å². The molecule has 0 radical (unpaired) electrons. The number of carbonyl (C=O) groups is 1. The molecule has 1 aromatic carbocycles. The molecule has 0 saturated heterocycles. The predicted molar refractivity (Wildman–Crippen MR) is 84.8 cm³/mol. The highest BCUT2D eigenvalue weighted by Gasteiger charge is 2.29. The molecule has 2 aromatic rings. The van der Waals surface area contributed by atoms with Crippen LogP contribution in [0.4, 0.5) is 18.9 Å². The number of benzene rings is 1. The molecule has 0 saturated carbocycles. The van der Waals surface area contributed by atoms with E-state index in [1.54, 1.807) is 0 Å². The zero-order valence-electron chi connectivity index (χ0n) is 13.5. The van der Waals surface area contributed by atoms with Crippen LogP contribution in [-0.4, -0.2) is 28.6 Å². The molecular formula is C16H14F3N3O4. The molecular weight excluding hydrogens is 355 g/mol. The zero-order chi connectivity index (χ0) is 19.3. The van der Waals surface area contributed by atoms with Crippen LogP contribution in [-0.2, 0) is 6.54 Å². The molecule has 1 N–H and O–H groups in total. The lowest BCUT2D eigenvalue weighted by molar-refractivity contribution is -0.385. The van der Waals surface area contributed by atoms with Gasteiger partial charge in [0.2, 0.25) is 5.88 Å². The number of para-hydroxylation sites is 1. The Morgan fingerprint density at radius 1 is 1.31 bits per heavy atom. The van der Waals surface area contributed by atoms with E-state index in [9.17, 15) is 28.1 Å². The lowest BCUT2D eigenvalue weighted by atomic mass is 10.1. The Balaban J connectivity index is 2.14. The monoisotopic (exact) mass is 369 g/mol. The number of nitrogens with zero attached hydrogens (tertiary/aromatic N) is 2. The zero-order valence-corrected chi connectivity index (χ0v) is 13.5. The number of rotatable bonds is 6. The van der Waals surface area contributed by atoms with Gasteiger partial charge < -0.3 is 10.1 Å². The maximum Gasteiger partial charge on any atom is 0.422 e. The molecule has 26 heavy (non-hydrogen) atoms. The van der Waals surface area contributed by atoms with Crippen LogP contribution in [0.25, 0.3) is 0 Å². The first kappa shape index (κ1) is 19.2. The fourth-order valence-electron chi connectivity index (χ4n) is 2.19. The highest BCUT2D eigenvalue weighted by atomic mass is 19.4. The largest absolute Gasteiger partial charge is 0.468 e. The number of aromatic nitrogens is 1. The first-order chi connectivity index (χ1) is 12.2. The third-order valence-electron chi connectivity index (χ3n) is 3.33. The maximum absolute atomic E-state index is 12.3. The van der Waals surface area contributed by atoms with Crippen LogP contribution in [0, 0.1) is 17.0 Å². The summed E-state index contributed by atoms with van der Waals surface area (Å²) in [4.78, 5) is 26.5. The second kappa shape index (κ2) is 7.81. The summed E-state index contributed by atoms with van der Waals surface area (Å²) in [5, 5.41) is 13.6. The molecule has 0 aliphatic carbocycles. The number of amides is 1. The highest BCUT2D eigenvalue weighted by Crippen LogP contribution is 2.24. The Morgan fingerprint density at radius 2 is 2.04 bits per heavy atom. The first-order valence-electron chi connectivity index (χ1n) is 7.34. The second-order valence-electron chi connectivity index (χ2n) is 5.28. The number of halogens is 3. The molecule has 1 aromatic heterocycles. The molecule has 2 rings (SSSR count). The highest BCUT2D eigenvalue weighted by molar-refractivity contribution is 5.98. The van der Waals surface area contributed by atoms with E-state index in [4.69, 9.17) is 0 Å². The lowest BCUT2D eigenvalue weighted by Gasteiger charge is -2.12. The molecule has 0 fully saturated rings. The molecule has 138 valence electrons. The van der Waals surface area contributed by atoms with Crippen molar-refractivity contribution >= 4 is 11.6 Å². The fourth-order valence-corrected chi connectivity index (χ4v) is 2.19. The van der Waals surface area contributed by atoms with Gasteiger partial charge in [-0.1, -0.05) is 18.2 Å². The molecule has 0 aliphatic heterocycles. The van der Waals surface area contributed by atoms with Gasteiger partial charge in [0, 0.05) is 23.9 Å². The summed E-state index contributed by atoms with van der Waals surface area (Å²) < 4.78 is 41.5. The Hall–Kier alpha value is -3.17. The van der Waals surface area contributed by atoms with E-state index >= 15 is 0 Å². The first-order valence-corrected chi connectivity index (χ1v) is 7.34. The molecule has 7 nitrogen and oxygen atoms in total. The average Bonchev–Trinajstić information content (AvgIpc) is 2.57. The van der Waals surface area contributed by atoms with E-state index in [1.165, 1.54) is 43.5 Å². The summed E-state index contributed by atoms with van der Waals surface area (Å²) in [6, 6.07) is 7.20. The van der Waals surface area contributed by atoms with Crippen molar-refractivity contribution in [2.45, 2.75) is 19.6 Å². The van der Waals surface area contributed by atoms with Crippen LogP contribution in [0.15, 0.2) is 36.5 Å². The minimum Gasteiger partial charge on any atom is -0.468 e. The van der Waals surface area contributed by atoms with E-state index in [-0.39, 0.29) is 29.2 Å². The summed E-state index contributed by atoms with van der Waals surface area (Å²) >= 11 is 0. The minimum absolute atomic E-state index is 0.142. The van der Waals surface area contributed by atoms with Gasteiger partial charge >= 0.3 is 6.18 Å². The van der Waals surface area contributed by atoms with Gasteiger partial charge in [-0.3, -0.25) is 14.9 Å². The van der Waals surface area contributed by atoms with Crippen LogP contribution >= 0.6 is 0 Å². The Bertz CT molecular complexity index is 825. The molecule has 10 heteroatoms. The van der Waals surface area contributed by atoms with Gasteiger partial charge in [-0.25, -0.2) is 4.98 Å². The average molecular weight is 369 g/mol. The number of pyridine rings is 1. The van der Waals surface area contributed by atoms with Gasteiger partial charge in [0.1, 0.15) is 5.56 Å². The van der Waals surface area contributed by atoms with Gasteiger partial charge in [-0.2, -0.15) is 13.2 Å². The van der Waals surface area contributed by atoms with E-state index < -0.39 is 23.6 Å². The van der Waals surface area contributed by atoms with Crippen LogP contribution < -0.4 is 10.1 Å². The van der Waals surface area contributed by atoms with E-state index in [0.29, 0.717) is 5.56 Å². The number of nitrogens with one attached hydrogen (secondary N) is 1. The van der Waals surface area contributed by atoms with Gasteiger partial charge in [0.15, 0.2) is 6.61 Å². The van der Waals surface area contributed by atoms with Crippen molar-refractivity contribution in [3.63, 3.8) is 0 Å². The van der Waals surface area contributed by atoms with Gasteiger partial charge in [-0.05, 0) is 19.1 Å². The number of alkyl halides is 3. The van der Waals surface area contributed by atoms with Crippen LogP contribution in [0.3, 0.4) is 0 Å². The number of aryl methyl sites for hydroxylation is 1. The maximum atomic E-state index is 12.3. The third-order valence-corrected chi connectivity index (χ3v) is 3.33. The quantitative estimate of drug-likeness (QED) is 0.623. The number of ether oxygens (including phenoxy) is 1. The van der Waals surface area contributed by atoms with Crippen molar-refractivity contribution in [3.05, 3.63) is 63.3 Å².